The van der Waals surface area contributed by atoms with Crippen LogP contribution in [0.25, 0.3) is 11.0 Å². The Morgan fingerprint density at radius 3 is 3.04 bits per heavy atom. The molecule has 1 N–H and O–H groups in total. The molecule has 0 saturated carbocycles. The highest BCUT2D eigenvalue weighted by Crippen LogP contribution is 2.27. The molecule has 1 aromatic heterocycles. The number of nitrogens with one attached hydrogen (secondary N) is 1. The Kier molecular flexibility index (Phi) is 6.50. The Bertz CT molecular complexity index is 728. The first-order chi connectivity index (χ1) is 12.7. The third-order valence-electron chi connectivity index (χ3n) is 4.98. The van der Waals surface area contributed by atoms with Crippen molar-refractivity contribution in [2.45, 2.75) is 39.2 Å². The van der Waals surface area contributed by atoms with E-state index in [-0.39, 0.29) is 11.8 Å². The van der Waals surface area contributed by atoms with Crippen molar-refractivity contribution in [3.63, 3.8) is 0 Å². The molecule has 142 valence electrons. The van der Waals surface area contributed by atoms with Gasteiger partial charge in [0.05, 0.1) is 17.0 Å². The number of hydrogen-bond acceptors (Lipinski definition) is 4. The van der Waals surface area contributed by atoms with E-state index in [0.717, 1.165) is 56.8 Å². The number of carbonyl (C=O) groups is 1. The quantitative estimate of drug-likeness (QED) is 0.737. The number of rotatable bonds is 8. The van der Waals surface area contributed by atoms with E-state index in [0.29, 0.717) is 13.2 Å². The molecular weight excluding hydrogens is 328 g/mol. The van der Waals surface area contributed by atoms with Gasteiger partial charge in [-0.05, 0) is 37.8 Å². The molecule has 1 amide bonds. The molecule has 1 fully saturated rings. The Morgan fingerprint density at radius 2 is 2.23 bits per heavy atom. The van der Waals surface area contributed by atoms with Crippen molar-refractivity contribution in [1.82, 2.24) is 14.9 Å². The Morgan fingerprint density at radius 1 is 1.38 bits per heavy atom. The maximum atomic E-state index is 12.5. The number of fused-ring (bicyclic) bond motifs is 1. The van der Waals surface area contributed by atoms with Gasteiger partial charge in [-0.1, -0.05) is 19.1 Å². The summed E-state index contributed by atoms with van der Waals surface area (Å²) in [5.74, 6) is 1.19. The fourth-order valence-corrected chi connectivity index (χ4v) is 3.69. The third-order valence-corrected chi connectivity index (χ3v) is 4.98. The van der Waals surface area contributed by atoms with E-state index in [2.05, 4.69) is 39.9 Å². The van der Waals surface area contributed by atoms with Crippen LogP contribution in [-0.2, 0) is 16.1 Å². The maximum Gasteiger partial charge on any atom is 0.224 e. The number of aryl methyl sites for hydroxylation is 1. The molecule has 1 saturated heterocycles. The zero-order chi connectivity index (χ0) is 18.4. The molecule has 0 aliphatic carbocycles. The number of hydrogen-bond donors (Lipinski definition) is 1. The lowest BCUT2D eigenvalue weighted by Crippen LogP contribution is -2.44. The van der Waals surface area contributed by atoms with Crippen LogP contribution in [0.5, 0.6) is 0 Å². The fourth-order valence-electron chi connectivity index (χ4n) is 3.69. The Balaban J connectivity index is 1.72. The minimum Gasteiger partial charge on any atom is -0.385 e. The summed E-state index contributed by atoms with van der Waals surface area (Å²) in [6.07, 6.45) is 3.88. The van der Waals surface area contributed by atoms with Crippen molar-refractivity contribution in [2.75, 3.05) is 38.3 Å². The summed E-state index contributed by atoms with van der Waals surface area (Å²) in [5.41, 5.74) is 2.21. The molecule has 1 aliphatic rings. The number of benzene rings is 1. The molecular formula is C20H30N4O2. The van der Waals surface area contributed by atoms with E-state index < -0.39 is 0 Å². The van der Waals surface area contributed by atoms with Crippen molar-refractivity contribution in [1.29, 1.82) is 0 Å². The standard InChI is InChI=1S/C20H30N4O2/c1-3-12-24-18-10-5-4-9-17(18)22-20(24)23-13-6-8-16(15-23)19(25)21-11-7-14-26-2/h4-5,9-10,16H,3,6-8,11-15H2,1-2H3,(H,21,25). The van der Waals surface area contributed by atoms with Crippen LogP contribution < -0.4 is 10.2 Å². The number of imidazole rings is 1. The monoisotopic (exact) mass is 358 g/mol. The molecule has 1 unspecified atom stereocenters. The van der Waals surface area contributed by atoms with Crippen molar-refractivity contribution in [3.05, 3.63) is 24.3 Å². The zero-order valence-corrected chi connectivity index (χ0v) is 15.9. The van der Waals surface area contributed by atoms with Crippen LogP contribution >= 0.6 is 0 Å². The lowest BCUT2D eigenvalue weighted by Gasteiger charge is -2.33. The van der Waals surface area contributed by atoms with Crippen LogP contribution in [0.1, 0.15) is 32.6 Å². The number of ether oxygens (including phenoxy) is 1. The summed E-state index contributed by atoms with van der Waals surface area (Å²) in [4.78, 5) is 19.7. The molecule has 0 bridgehead atoms. The normalized spacial score (nSPS) is 17.6. The van der Waals surface area contributed by atoms with Crippen LogP contribution in [0.3, 0.4) is 0 Å². The molecule has 2 heterocycles. The van der Waals surface area contributed by atoms with Gasteiger partial charge >= 0.3 is 0 Å². The second-order valence-electron chi connectivity index (χ2n) is 6.97. The predicted molar refractivity (Wildman–Crippen MR) is 104 cm³/mol. The SMILES string of the molecule is CCCn1c(N2CCCC(C(=O)NCCCOC)C2)nc2ccccc21. The lowest BCUT2D eigenvalue weighted by atomic mass is 9.97. The van der Waals surface area contributed by atoms with Crippen LogP contribution in [-0.4, -0.2) is 48.8 Å². The number of amides is 1. The number of methoxy groups -OCH3 is 1. The minimum absolute atomic E-state index is 0.0289. The topological polar surface area (TPSA) is 59.4 Å². The number of carbonyl (C=O) groups excluding carboxylic acids is 1. The number of piperidine rings is 1. The molecule has 1 aromatic carbocycles. The van der Waals surface area contributed by atoms with E-state index >= 15 is 0 Å². The molecule has 2 aromatic rings. The van der Waals surface area contributed by atoms with E-state index in [9.17, 15) is 4.79 Å². The van der Waals surface area contributed by atoms with E-state index in [1.54, 1.807) is 7.11 Å². The number of aromatic nitrogens is 2. The second-order valence-corrected chi connectivity index (χ2v) is 6.97. The second kappa shape index (κ2) is 9.03. The lowest BCUT2D eigenvalue weighted by molar-refractivity contribution is -0.125. The Labute approximate surface area is 155 Å². The molecule has 6 nitrogen and oxygen atoms in total. The first-order valence-electron chi connectivity index (χ1n) is 9.71. The van der Waals surface area contributed by atoms with Gasteiger partial charge < -0.3 is 19.5 Å². The highest BCUT2D eigenvalue weighted by molar-refractivity contribution is 5.81. The van der Waals surface area contributed by atoms with Crippen LogP contribution in [0, 0.1) is 5.92 Å². The summed E-state index contributed by atoms with van der Waals surface area (Å²) >= 11 is 0. The van der Waals surface area contributed by atoms with Gasteiger partial charge in [0.1, 0.15) is 0 Å². The summed E-state index contributed by atoms with van der Waals surface area (Å²) in [7, 11) is 1.68. The molecule has 0 radical (unpaired) electrons. The smallest absolute Gasteiger partial charge is 0.224 e. The zero-order valence-electron chi connectivity index (χ0n) is 15.9. The van der Waals surface area contributed by atoms with Crippen molar-refractivity contribution < 1.29 is 9.53 Å². The predicted octanol–water partition coefficient (Wildman–Crippen LogP) is 2.82. The van der Waals surface area contributed by atoms with Crippen LogP contribution in [0.15, 0.2) is 24.3 Å². The summed E-state index contributed by atoms with van der Waals surface area (Å²) < 4.78 is 7.34. The van der Waals surface area contributed by atoms with Gasteiger partial charge in [0.25, 0.3) is 0 Å². The summed E-state index contributed by atoms with van der Waals surface area (Å²) in [5, 5.41) is 3.05. The molecule has 6 heteroatoms. The fraction of sp³-hybridized carbons (Fsp3) is 0.600. The first-order valence-corrected chi connectivity index (χ1v) is 9.71. The summed E-state index contributed by atoms with van der Waals surface area (Å²) in [6, 6.07) is 8.29. The van der Waals surface area contributed by atoms with E-state index in [1.165, 1.54) is 5.52 Å². The molecule has 3 rings (SSSR count). The highest BCUT2D eigenvalue weighted by atomic mass is 16.5. The average Bonchev–Trinajstić information content (AvgIpc) is 3.04. The van der Waals surface area contributed by atoms with Crippen molar-refractivity contribution >= 4 is 22.9 Å². The van der Waals surface area contributed by atoms with Crippen LogP contribution in [0.2, 0.25) is 0 Å². The number of nitrogens with zero attached hydrogens (tertiary/aromatic N) is 3. The van der Waals surface area contributed by atoms with Crippen molar-refractivity contribution in [3.8, 4) is 0 Å². The molecule has 0 spiro atoms. The highest BCUT2D eigenvalue weighted by Gasteiger charge is 2.28. The minimum atomic E-state index is 0.0289. The number of anilines is 1. The average molecular weight is 358 g/mol. The van der Waals surface area contributed by atoms with Gasteiger partial charge in [0, 0.05) is 39.9 Å². The summed E-state index contributed by atoms with van der Waals surface area (Å²) in [6.45, 7) is 6.19. The van der Waals surface area contributed by atoms with Gasteiger partial charge in [0.15, 0.2) is 0 Å². The largest absolute Gasteiger partial charge is 0.385 e. The van der Waals surface area contributed by atoms with Gasteiger partial charge in [0.2, 0.25) is 11.9 Å². The van der Waals surface area contributed by atoms with E-state index in [1.807, 2.05) is 6.07 Å². The maximum absolute atomic E-state index is 12.5. The van der Waals surface area contributed by atoms with Gasteiger partial charge in [-0.3, -0.25) is 4.79 Å². The Hall–Kier alpha value is -2.08. The van der Waals surface area contributed by atoms with Gasteiger partial charge in [-0.15, -0.1) is 0 Å². The molecule has 1 aliphatic heterocycles. The van der Waals surface area contributed by atoms with E-state index in [4.69, 9.17) is 9.72 Å². The van der Waals surface area contributed by atoms with Gasteiger partial charge in [-0.25, -0.2) is 4.98 Å². The first kappa shape index (κ1) is 18.7. The van der Waals surface area contributed by atoms with Gasteiger partial charge in [-0.2, -0.15) is 0 Å². The number of para-hydroxylation sites is 2. The van der Waals surface area contributed by atoms with Crippen LogP contribution in [0.4, 0.5) is 5.95 Å². The third kappa shape index (κ3) is 4.18. The van der Waals surface area contributed by atoms with Crippen molar-refractivity contribution in [2.24, 2.45) is 5.92 Å². The molecule has 1 atom stereocenters. The molecule has 26 heavy (non-hydrogen) atoms.